The molecule has 1 atom stereocenters. The molecule has 4 rings (SSSR count). The number of nitrogens with zero attached hydrogens (tertiary/aromatic N) is 2. The summed E-state index contributed by atoms with van der Waals surface area (Å²) >= 11 is 0. The number of amides is 1. The first kappa shape index (κ1) is 17.2. The number of aryl methyl sites for hydroxylation is 1. The number of hydrogen-bond donors (Lipinski definition) is 0. The van der Waals surface area contributed by atoms with Gasteiger partial charge in [0, 0.05) is 25.8 Å². The maximum absolute atomic E-state index is 13.5. The van der Waals surface area contributed by atoms with Crippen LogP contribution < -0.4 is 4.90 Å². The van der Waals surface area contributed by atoms with E-state index in [1.165, 1.54) is 23.4 Å². The van der Waals surface area contributed by atoms with Gasteiger partial charge in [-0.05, 0) is 48.7 Å². The number of sulfonamides is 1. The Hall–Kier alpha value is -2.25. The summed E-state index contributed by atoms with van der Waals surface area (Å²) in [7, 11) is -2.07. The fraction of sp³-hybridized carbons (Fsp3) is 0.316. The molecule has 1 saturated heterocycles. The zero-order valence-electron chi connectivity index (χ0n) is 14.6. The minimum atomic E-state index is -3.79. The van der Waals surface area contributed by atoms with Crippen LogP contribution in [-0.2, 0) is 20.2 Å². The molecule has 5 nitrogen and oxygen atoms in total. The molecule has 26 heavy (non-hydrogen) atoms. The second kappa shape index (κ2) is 5.62. The third kappa shape index (κ3) is 2.23. The van der Waals surface area contributed by atoms with Gasteiger partial charge in [0.25, 0.3) is 0 Å². The summed E-state index contributed by atoms with van der Waals surface area (Å²) in [5.41, 5.74) is 1.14. The van der Waals surface area contributed by atoms with Crippen molar-refractivity contribution < 1.29 is 17.6 Å². The number of halogens is 1. The van der Waals surface area contributed by atoms with E-state index in [0.717, 1.165) is 17.3 Å². The van der Waals surface area contributed by atoms with Gasteiger partial charge in [-0.3, -0.25) is 4.79 Å². The largest absolute Gasteiger partial charge is 0.314 e. The predicted octanol–water partition coefficient (Wildman–Crippen LogP) is 2.44. The minimum Gasteiger partial charge on any atom is -0.314 e. The van der Waals surface area contributed by atoms with Gasteiger partial charge in [-0.1, -0.05) is 18.2 Å². The summed E-state index contributed by atoms with van der Waals surface area (Å²) in [4.78, 5) is 14.6. The Bertz CT molecular complexity index is 1020. The molecule has 2 aliphatic heterocycles. The average Bonchev–Trinajstić information content (AvgIpc) is 3.17. The zero-order valence-corrected chi connectivity index (χ0v) is 15.4. The van der Waals surface area contributed by atoms with E-state index in [1.54, 1.807) is 11.9 Å². The smallest absolute Gasteiger partial charge is 0.243 e. The second-order valence-corrected chi connectivity index (χ2v) is 8.90. The van der Waals surface area contributed by atoms with E-state index in [9.17, 15) is 17.6 Å². The molecule has 0 radical (unpaired) electrons. The van der Waals surface area contributed by atoms with Gasteiger partial charge in [-0.15, -0.1) is 0 Å². The summed E-state index contributed by atoms with van der Waals surface area (Å²) < 4.78 is 40.9. The number of rotatable bonds is 2. The van der Waals surface area contributed by atoms with E-state index in [-0.39, 0.29) is 29.5 Å². The Balaban J connectivity index is 1.73. The van der Waals surface area contributed by atoms with Crippen molar-refractivity contribution in [1.82, 2.24) is 4.31 Å². The molecule has 136 valence electrons. The van der Waals surface area contributed by atoms with E-state index in [2.05, 4.69) is 0 Å². The zero-order chi connectivity index (χ0) is 18.7. The maximum atomic E-state index is 13.5. The Labute approximate surface area is 152 Å². The number of hydrogen-bond acceptors (Lipinski definition) is 3. The fourth-order valence-electron chi connectivity index (χ4n) is 4.02. The molecule has 1 fully saturated rings. The molecule has 0 aliphatic carbocycles. The van der Waals surface area contributed by atoms with Crippen molar-refractivity contribution >= 4 is 21.6 Å². The third-order valence-electron chi connectivity index (χ3n) is 5.50. The van der Waals surface area contributed by atoms with E-state index < -0.39 is 21.3 Å². The molecule has 1 spiro atoms. The highest BCUT2D eigenvalue weighted by molar-refractivity contribution is 7.89. The van der Waals surface area contributed by atoms with Crippen molar-refractivity contribution in [1.29, 1.82) is 0 Å². The highest BCUT2D eigenvalue weighted by Crippen LogP contribution is 2.47. The lowest BCUT2D eigenvalue weighted by atomic mass is 9.81. The monoisotopic (exact) mass is 374 g/mol. The fourth-order valence-corrected chi connectivity index (χ4v) is 5.60. The molecule has 7 heteroatoms. The predicted molar refractivity (Wildman–Crippen MR) is 96.0 cm³/mol. The summed E-state index contributed by atoms with van der Waals surface area (Å²) in [5, 5.41) is 0. The number of benzene rings is 2. The summed E-state index contributed by atoms with van der Waals surface area (Å²) in [5.74, 6) is -0.518. The first-order valence-corrected chi connectivity index (χ1v) is 9.85. The topological polar surface area (TPSA) is 57.7 Å². The average molecular weight is 374 g/mol. The molecule has 2 aromatic carbocycles. The lowest BCUT2D eigenvalue weighted by molar-refractivity contribution is -0.122. The molecule has 2 aliphatic rings. The summed E-state index contributed by atoms with van der Waals surface area (Å²) in [6.45, 7) is 1.89. The van der Waals surface area contributed by atoms with Crippen molar-refractivity contribution in [3.63, 3.8) is 0 Å². The molecule has 0 saturated carbocycles. The van der Waals surface area contributed by atoms with E-state index in [0.29, 0.717) is 6.42 Å². The van der Waals surface area contributed by atoms with Crippen molar-refractivity contribution in [2.75, 3.05) is 25.0 Å². The van der Waals surface area contributed by atoms with Crippen LogP contribution in [0.4, 0.5) is 10.1 Å². The van der Waals surface area contributed by atoms with E-state index >= 15 is 0 Å². The maximum Gasteiger partial charge on any atom is 0.243 e. The van der Waals surface area contributed by atoms with Crippen molar-refractivity contribution in [2.24, 2.45) is 0 Å². The molecule has 2 aromatic rings. The van der Waals surface area contributed by atoms with Gasteiger partial charge in [0.05, 0.1) is 10.3 Å². The molecule has 0 N–H and O–H groups in total. The van der Waals surface area contributed by atoms with Gasteiger partial charge in [0.15, 0.2) is 0 Å². The highest BCUT2D eigenvalue weighted by atomic mass is 32.2. The van der Waals surface area contributed by atoms with Crippen molar-refractivity contribution in [2.45, 2.75) is 23.7 Å². The number of likely N-dealkylation sites (N-methyl/N-ethyl adjacent to an activating group) is 1. The van der Waals surface area contributed by atoms with Gasteiger partial charge in [0.2, 0.25) is 15.9 Å². The van der Waals surface area contributed by atoms with E-state index in [4.69, 9.17) is 0 Å². The van der Waals surface area contributed by atoms with Gasteiger partial charge >= 0.3 is 0 Å². The molecule has 2 heterocycles. The molecular weight excluding hydrogens is 355 g/mol. The highest BCUT2D eigenvalue weighted by Gasteiger charge is 2.55. The van der Waals surface area contributed by atoms with Crippen LogP contribution in [0.1, 0.15) is 17.5 Å². The van der Waals surface area contributed by atoms with Gasteiger partial charge in [-0.2, -0.15) is 4.31 Å². The minimum absolute atomic E-state index is 0.0561. The Morgan fingerprint density at radius 3 is 2.62 bits per heavy atom. The number of carbonyl (C=O) groups is 1. The standard InChI is InChI=1S/C19H19FN2O3S/c1-13-11-14(7-8-16(13)20)26(24,25)22-10-9-19(12-22)15-5-3-4-6-17(15)21(2)18(19)23/h3-8,11H,9-10,12H2,1-2H3. The number of fused-ring (bicyclic) bond motifs is 2. The Kier molecular flexibility index (Phi) is 3.71. The molecule has 0 bridgehead atoms. The normalized spacial score (nSPS) is 23.0. The van der Waals surface area contributed by atoms with Crippen LogP contribution in [-0.4, -0.2) is 38.8 Å². The molecule has 1 unspecified atom stereocenters. The van der Waals surface area contributed by atoms with Crippen LogP contribution in [0, 0.1) is 12.7 Å². The van der Waals surface area contributed by atoms with Crippen LogP contribution in [0.5, 0.6) is 0 Å². The number of anilines is 1. The van der Waals surface area contributed by atoms with Gasteiger partial charge in [0.1, 0.15) is 5.82 Å². The lowest BCUT2D eigenvalue weighted by Crippen LogP contribution is -2.42. The lowest BCUT2D eigenvalue weighted by Gasteiger charge is -2.23. The first-order chi connectivity index (χ1) is 12.3. The third-order valence-corrected chi connectivity index (χ3v) is 7.34. The van der Waals surface area contributed by atoms with Crippen LogP contribution in [0.2, 0.25) is 0 Å². The summed E-state index contributed by atoms with van der Waals surface area (Å²) in [6, 6.07) is 11.3. The number of para-hydroxylation sites is 1. The van der Waals surface area contributed by atoms with Gasteiger partial charge in [-0.25, -0.2) is 12.8 Å². The quantitative estimate of drug-likeness (QED) is 0.811. The molecule has 0 aromatic heterocycles. The van der Waals surface area contributed by atoms with Crippen LogP contribution in [0.25, 0.3) is 0 Å². The Morgan fingerprint density at radius 2 is 1.88 bits per heavy atom. The van der Waals surface area contributed by atoms with Gasteiger partial charge < -0.3 is 4.90 Å². The SMILES string of the molecule is Cc1cc(S(=O)(=O)N2CCC3(C2)C(=O)N(C)c2ccccc23)ccc1F. The van der Waals surface area contributed by atoms with Crippen LogP contribution in [0.3, 0.4) is 0 Å². The Morgan fingerprint density at radius 1 is 1.15 bits per heavy atom. The van der Waals surface area contributed by atoms with Crippen LogP contribution in [0.15, 0.2) is 47.4 Å². The molecule has 1 amide bonds. The molecular formula is C19H19FN2O3S. The second-order valence-electron chi connectivity index (χ2n) is 6.96. The number of carbonyl (C=O) groups excluding carboxylic acids is 1. The van der Waals surface area contributed by atoms with E-state index in [1.807, 2.05) is 24.3 Å². The van der Waals surface area contributed by atoms with Crippen molar-refractivity contribution in [3.05, 3.63) is 59.4 Å². The first-order valence-electron chi connectivity index (χ1n) is 8.41. The summed E-state index contributed by atoms with van der Waals surface area (Å²) in [6.07, 6.45) is 0.437. The van der Waals surface area contributed by atoms with Crippen LogP contribution >= 0.6 is 0 Å². The van der Waals surface area contributed by atoms with Crippen molar-refractivity contribution in [3.8, 4) is 0 Å².